The number of ether oxygens (including phenoxy) is 1. The quantitative estimate of drug-likeness (QED) is 0.850. The van der Waals surface area contributed by atoms with E-state index < -0.39 is 10.0 Å². The number of rotatable bonds is 3. The summed E-state index contributed by atoms with van der Waals surface area (Å²) in [5.74, 6) is 0. The SMILES string of the molecule is O=S(=O)(c1ccc(-n2cccn2)cc1)N1CC2CC1CO2. The van der Waals surface area contributed by atoms with E-state index in [9.17, 15) is 8.42 Å². The highest BCUT2D eigenvalue weighted by Crippen LogP contribution is 2.32. The number of hydrogen-bond acceptors (Lipinski definition) is 4. The predicted octanol–water partition coefficient (Wildman–Crippen LogP) is 1.03. The van der Waals surface area contributed by atoms with Gasteiger partial charge in [-0.3, -0.25) is 0 Å². The van der Waals surface area contributed by atoms with Crippen LogP contribution < -0.4 is 0 Å². The summed E-state index contributed by atoms with van der Waals surface area (Å²) in [5.41, 5.74) is 0.838. The van der Waals surface area contributed by atoms with E-state index in [4.69, 9.17) is 4.74 Å². The Balaban J connectivity index is 1.64. The van der Waals surface area contributed by atoms with Crippen LogP contribution in [0, 0.1) is 0 Å². The lowest BCUT2D eigenvalue weighted by atomic mass is 10.3. The Morgan fingerprint density at radius 2 is 2.05 bits per heavy atom. The van der Waals surface area contributed by atoms with Crippen LogP contribution in [0.5, 0.6) is 0 Å². The molecule has 3 heterocycles. The van der Waals surface area contributed by atoms with Crippen molar-refractivity contribution in [3.63, 3.8) is 0 Å². The van der Waals surface area contributed by atoms with E-state index in [2.05, 4.69) is 5.10 Å². The van der Waals surface area contributed by atoms with Crippen LogP contribution >= 0.6 is 0 Å². The summed E-state index contributed by atoms with van der Waals surface area (Å²) in [5, 5.41) is 4.13. The average molecular weight is 305 g/mol. The van der Waals surface area contributed by atoms with E-state index in [1.54, 1.807) is 39.4 Å². The highest BCUT2D eigenvalue weighted by molar-refractivity contribution is 7.89. The van der Waals surface area contributed by atoms with Crippen molar-refractivity contribution in [1.82, 2.24) is 14.1 Å². The molecule has 2 bridgehead atoms. The largest absolute Gasteiger partial charge is 0.375 e. The second-order valence-corrected chi connectivity index (χ2v) is 7.25. The first-order valence-electron chi connectivity index (χ1n) is 6.88. The molecule has 2 fully saturated rings. The van der Waals surface area contributed by atoms with Gasteiger partial charge < -0.3 is 4.74 Å². The molecule has 21 heavy (non-hydrogen) atoms. The summed E-state index contributed by atoms with van der Waals surface area (Å²) in [6, 6.07) is 8.63. The monoisotopic (exact) mass is 305 g/mol. The molecule has 0 amide bonds. The Kier molecular flexibility index (Phi) is 2.88. The predicted molar refractivity (Wildman–Crippen MR) is 75.6 cm³/mol. The summed E-state index contributed by atoms with van der Waals surface area (Å²) in [6.45, 7) is 0.975. The highest BCUT2D eigenvalue weighted by Gasteiger charge is 2.45. The van der Waals surface area contributed by atoms with Gasteiger partial charge in [-0.05, 0) is 36.8 Å². The van der Waals surface area contributed by atoms with Crippen LogP contribution in [0.3, 0.4) is 0 Å². The van der Waals surface area contributed by atoms with Crippen LogP contribution in [0.25, 0.3) is 5.69 Å². The standard InChI is InChI=1S/C14H15N3O3S/c18-21(19,17-9-13-8-12(17)10-20-13)14-4-2-11(3-5-14)16-7-1-6-15-16/h1-7,12-13H,8-10H2. The zero-order valence-corrected chi connectivity index (χ0v) is 12.1. The topological polar surface area (TPSA) is 64.4 Å². The molecule has 6 nitrogen and oxygen atoms in total. The summed E-state index contributed by atoms with van der Waals surface area (Å²) in [6.07, 6.45) is 4.38. The third-order valence-electron chi connectivity index (χ3n) is 4.06. The minimum atomic E-state index is -3.43. The fraction of sp³-hybridized carbons (Fsp3) is 0.357. The van der Waals surface area contributed by atoms with E-state index in [0.29, 0.717) is 18.0 Å². The van der Waals surface area contributed by atoms with Crippen LogP contribution in [0.1, 0.15) is 6.42 Å². The smallest absolute Gasteiger partial charge is 0.243 e. The van der Waals surface area contributed by atoms with Crippen LogP contribution in [0.2, 0.25) is 0 Å². The molecule has 2 unspecified atom stereocenters. The number of fused-ring (bicyclic) bond motifs is 2. The van der Waals surface area contributed by atoms with Crippen LogP contribution in [-0.4, -0.2) is 47.8 Å². The zero-order valence-electron chi connectivity index (χ0n) is 11.3. The van der Waals surface area contributed by atoms with Crippen LogP contribution in [0.15, 0.2) is 47.6 Å². The van der Waals surface area contributed by atoms with E-state index >= 15 is 0 Å². The third-order valence-corrected chi connectivity index (χ3v) is 5.99. The number of benzene rings is 1. The molecule has 2 aromatic rings. The zero-order chi connectivity index (χ0) is 14.4. The number of sulfonamides is 1. The van der Waals surface area contributed by atoms with Crippen molar-refractivity contribution in [3.05, 3.63) is 42.7 Å². The number of hydrogen-bond donors (Lipinski definition) is 0. The number of morpholine rings is 1. The van der Waals surface area contributed by atoms with Gasteiger partial charge in [-0.1, -0.05) is 0 Å². The van der Waals surface area contributed by atoms with Crippen molar-refractivity contribution in [1.29, 1.82) is 0 Å². The molecule has 2 aliphatic heterocycles. The Bertz CT molecular complexity index is 740. The molecule has 0 spiro atoms. The van der Waals surface area contributed by atoms with Crippen molar-refractivity contribution in [2.75, 3.05) is 13.2 Å². The maximum atomic E-state index is 12.7. The minimum Gasteiger partial charge on any atom is -0.375 e. The maximum absolute atomic E-state index is 12.7. The van der Waals surface area contributed by atoms with Gasteiger partial charge in [0.1, 0.15) is 0 Å². The summed E-state index contributed by atoms with van der Waals surface area (Å²) < 4.78 is 34.1. The Morgan fingerprint density at radius 3 is 2.62 bits per heavy atom. The lowest BCUT2D eigenvalue weighted by Crippen LogP contribution is -2.41. The van der Waals surface area contributed by atoms with Crippen molar-refractivity contribution in [3.8, 4) is 5.69 Å². The molecule has 7 heteroatoms. The molecule has 110 valence electrons. The number of nitrogens with zero attached hydrogens (tertiary/aromatic N) is 3. The van der Waals surface area contributed by atoms with Gasteiger partial charge in [-0.2, -0.15) is 9.40 Å². The van der Waals surface area contributed by atoms with Gasteiger partial charge in [-0.25, -0.2) is 13.1 Å². The Morgan fingerprint density at radius 1 is 1.24 bits per heavy atom. The van der Waals surface area contributed by atoms with Crippen molar-refractivity contribution in [2.45, 2.75) is 23.5 Å². The van der Waals surface area contributed by atoms with Crippen molar-refractivity contribution in [2.24, 2.45) is 0 Å². The average Bonchev–Trinajstić information content (AvgIpc) is 3.24. The molecule has 0 aliphatic carbocycles. The molecular formula is C14H15N3O3S. The molecule has 2 atom stereocenters. The van der Waals surface area contributed by atoms with Gasteiger partial charge in [0.2, 0.25) is 10.0 Å². The van der Waals surface area contributed by atoms with Gasteiger partial charge in [0.15, 0.2) is 0 Å². The molecule has 1 aromatic carbocycles. The first kappa shape index (κ1) is 13.0. The molecule has 2 saturated heterocycles. The van der Waals surface area contributed by atoms with Gasteiger partial charge in [0.05, 0.1) is 29.3 Å². The Labute approximate surface area is 123 Å². The van der Waals surface area contributed by atoms with Gasteiger partial charge in [0, 0.05) is 18.9 Å². The first-order valence-corrected chi connectivity index (χ1v) is 8.32. The molecule has 0 saturated carbocycles. The fourth-order valence-electron chi connectivity index (χ4n) is 2.99. The van der Waals surface area contributed by atoms with Crippen molar-refractivity contribution >= 4 is 10.0 Å². The fourth-order valence-corrected chi connectivity index (χ4v) is 4.64. The van der Waals surface area contributed by atoms with Gasteiger partial charge in [0.25, 0.3) is 0 Å². The van der Waals surface area contributed by atoms with E-state index in [1.165, 1.54) is 0 Å². The van der Waals surface area contributed by atoms with Crippen molar-refractivity contribution < 1.29 is 13.2 Å². The summed E-state index contributed by atoms with van der Waals surface area (Å²) in [4.78, 5) is 0.325. The first-order chi connectivity index (χ1) is 10.1. The number of aromatic nitrogens is 2. The summed E-state index contributed by atoms with van der Waals surface area (Å²) in [7, 11) is -3.43. The third kappa shape index (κ3) is 2.08. The van der Waals surface area contributed by atoms with E-state index in [-0.39, 0.29) is 12.1 Å². The minimum absolute atomic E-state index is 0.00853. The molecular weight excluding hydrogens is 290 g/mol. The molecule has 2 aliphatic rings. The molecule has 0 N–H and O–H groups in total. The highest BCUT2D eigenvalue weighted by atomic mass is 32.2. The van der Waals surface area contributed by atoms with E-state index in [1.807, 2.05) is 12.3 Å². The lowest BCUT2D eigenvalue weighted by molar-refractivity contribution is 0.0608. The van der Waals surface area contributed by atoms with Crippen LogP contribution in [-0.2, 0) is 14.8 Å². The second kappa shape index (κ2) is 4.66. The van der Waals surface area contributed by atoms with E-state index in [0.717, 1.165) is 12.1 Å². The molecule has 4 rings (SSSR count). The van der Waals surface area contributed by atoms with Crippen LogP contribution in [0.4, 0.5) is 0 Å². The summed E-state index contributed by atoms with van der Waals surface area (Å²) >= 11 is 0. The molecule has 0 radical (unpaired) electrons. The molecule has 1 aromatic heterocycles. The van der Waals surface area contributed by atoms with Gasteiger partial charge in [-0.15, -0.1) is 0 Å². The maximum Gasteiger partial charge on any atom is 0.243 e. The Hall–Kier alpha value is -1.70. The second-order valence-electron chi connectivity index (χ2n) is 5.36. The lowest BCUT2D eigenvalue weighted by Gasteiger charge is -2.26. The normalized spacial score (nSPS) is 25.5. The van der Waals surface area contributed by atoms with Gasteiger partial charge >= 0.3 is 0 Å².